The third-order valence-corrected chi connectivity index (χ3v) is 3.39. The van der Waals surface area contributed by atoms with Gasteiger partial charge in [0.1, 0.15) is 0 Å². The number of hydrogen-bond acceptors (Lipinski definition) is 3. The highest BCUT2D eigenvalue weighted by molar-refractivity contribution is 9.10. The minimum Gasteiger partial charge on any atom is -0.395 e. The average molecular weight is 301 g/mol. The maximum atomic E-state index is 9.06. The maximum Gasteiger partial charge on any atom is 0.0606 e. The lowest BCUT2D eigenvalue weighted by molar-refractivity contribution is 0.302. The number of aliphatic hydroxyl groups excluding tert-OH is 1. The van der Waals surface area contributed by atoms with Gasteiger partial charge >= 0.3 is 0 Å². The van der Waals surface area contributed by atoms with E-state index in [4.69, 9.17) is 10.8 Å². The molecule has 0 amide bonds. The van der Waals surface area contributed by atoms with Crippen molar-refractivity contribution in [1.82, 2.24) is 0 Å². The molecule has 0 aliphatic carbocycles. The Hall–Kier alpha value is -0.580. The summed E-state index contributed by atoms with van der Waals surface area (Å²) in [6.45, 7) is 5.89. The molecular weight excluding hydrogens is 280 g/mol. The molecule has 0 radical (unpaired) electrons. The molecule has 0 unspecified atom stereocenters. The van der Waals surface area contributed by atoms with Crippen LogP contribution in [-0.4, -0.2) is 24.8 Å². The molecule has 1 aromatic rings. The van der Waals surface area contributed by atoms with Crippen molar-refractivity contribution in [2.75, 3.05) is 24.6 Å². The van der Waals surface area contributed by atoms with Crippen molar-refractivity contribution in [2.45, 2.75) is 26.3 Å². The maximum absolute atomic E-state index is 9.06. The number of halogens is 1. The van der Waals surface area contributed by atoms with Crippen molar-refractivity contribution < 1.29 is 5.11 Å². The normalized spacial score (nSPS) is 12.5. The fraction of sp³-hybridized carbons (Fsp3) is 0.538. The molecule has 3 N–H and O–H groups in total. The van der Waals surface area contributed by atoms with Crippen molar-refractivity contribution in [3.05, 3.63) is 28.2 Å². The lowest BCUT2D eigenvalue weighted by Gasteiger charge is -2.24. The fourth-order valence-electron chi connectivity index (χ4n) is 1.84. The Morgan fingerprint density at radius 2 is 2.12 bits per heavy atom. The molecule has 1 rings (SSSR count). The topological polar surface area (TPSA) is 49.5 Å². The van der Waals surface area contributed by atoms with E-state index in [1.807, 2.05) is 13.0 Å². The first-order chi connectivity index (χ1) is 8.10. The Kier molecular flexibility index (Phi) is 5.95. The molecule has 17 heavy (non-hydrogen) atoms. The molecule has 0 saturated carbocycles. The molecule has 0 saturated heterocycles. The molecule has 96 valence electrons. The standard InChI is InChI=1S/C13H21BrN2O/c1-3-6-16(7-8-17)11-4-5-12(10(2)15)13(14)9-11/h4-5,9-10,17H,3,6-8,15H2,1-2H3/t10-/m1/s1. The quantitative estimate of drug-likeness (QED) is 0.849. The zero-order valence-electron chi connectivity index (χ0n) is 10.5. The lowest BCUT2D eigenvalue weighted by atomic mass is 10.1. The van der Waals surface area contributed by atoms with Crippen molar-refractivity contribution >= 4 is 21.6 Å². The second kappa shape index (κ2) is 6.99. The molecule has 3 nitrogen and oxygen atoms in total. The summed E-state index contributed by atoms with van der Waals surface area (Å²) in [6.07, 6.45) is 1.06. The predicted octanol–water partition coefficient (Wildman–Crippen LogP) is 2.68. The lowest BCUT2D eigenvalue weighted by Crippen LogP contribution is -2.27. The van der Waals surface area contributed by atoms with E-state index in [2.05, 4.69) is 39.9 Å². The van der Waals surface area contributed by atoms with Crippen LogP contribution in [0.2, 0.25) is 0 Å². The predicted molar refractivity (Wildman–Crippen MR) is 76.3 cm³/mol. The van der Waals surface area contributed by atoms with Gasteiger partial charge in [-0.05, 0) is 31.0 Å². The number of nitrogens with zero attached hydrogens (tertiary/aromatic N) is 1. The monoisotopic (exact) mass is 300 g/mol. The zero-order valence-corrected chi connectivity index (χ0v) is 12.1. The molecule has 0 bridgehead atoms. The first-order valence-electron chi connectivity index (χ1n) is 6.01. The molecule has 0 heterocycles. The van der Waals surface area contributed by atoms with Gasteiger partial charge in [0.05, 0.1) is 6.61 Å². The molecule has 1 atom stereocenters. The summed E-state index contributed by atoms with van der Waals surface area (Å²) >= 11 is 3.55. The third kappa shape index (κ3) is 3.98. The van der Waals surface area contributed by atoms with Crippen molar-refractivity contribution in [2.24, 2.45) is 5.73 Å². The second-order valence-corrected chi connectivity index (χ2v) is 5.06. The summed E-state index contributed by atoms with van der Waals surface area (Å²) in [7, 11) is 0. The van der Waals surface area contributed by atoms with Gasteiger partial charge in [0.25, 0.3) is 0 Å². The van der Waals surface area contributed by atoms with E-state index < -0.39 is 0 Å². The molecule has 1 aromatic carbocycles. The van der Waals surface area contributed by atoms with Gasteiger partial charge in [0.2, 0.25) is 0 Å². The Labute approximate surface area is 112 Å². The van der Waals surface area contributed by atoms with Gasteiger partial charge in [-0.25, -0.2) is 0 Å². The first-order valence-corrected chi connectivity index (χ1v) is 6.80. The molecule has 0 fully saturated rings. The highest BCUT2D eigenvalue weighted by atomic mass is 79.9. The number of benzene rings is 1. The number of rotatable bonds is 6. The third-order valence-electron chi connectivity index (χ3n) is 2.70. The smallest absolute Gasteiger partial charge is 0.0606 e. The largest absolute Gasteiger partial charge is 0.395 e. The Bertz CT molecular complexity index is 349. The van der Waals surface area contributed by atoms with E-state index >= 15 is 0 Å². The molecule has 0 spiro atoms. The van der Waals surface area contributed by atoms with E-state index in [1.54, 1.807) is 0 Å². The van der Waals surface area contributed by atoms with Gasteiger partial charge in [-0.2, -0.15) is 0 Å². The van der Waals surface area contributed by atoms with Crippen LogP contribution in [0.3, 0.4) is 0 Å². The zero-order chi connectivity index (χ0) is 12.8. The Morgan fingerprint density at radius 1 is 1.41 bits per heavy atom. The van der Waals surface area contributed by atoms with Crippen LogP contribution in [0, 0.1) is 0 Å². The number of nitrogens with two attached hydrogens (primary N) is 1. The molecule has 0 aliphatic heterocycles. The van der Waals surface area contributed by atoms with Crippen LogP contribution in [0.5, 0.6) is 0 Å². The van der Waals surface area contributed by atoms with Crippen LogP contribution >= 0.6 is 15.9 Å². The van der Waals surface area contributed by atoms with Crippen LogP contribution in [0.25, 0.3) is 0 Å². The summed E-state index contributed by atoms with van der Waals surface area (Å²) in [4.78, 5) is 2.18. The number of anilines is 1. The van der Waals surface area contributed by atoms with Gasteiger partial charge < -0.3 is 15.7 Å². The summed E-state index contributed by atoms with van der Waals surface area (Å²) in [5.41, 5.74) is 8.10. The fourth-order valence-corrected chi connectivity index (χ4v) is 2.57. The van der Waals surface area contributed by atoms with E-state index in [-0.39, 0.29) is 12.6 Å². The van der Waals surface area contributed by atoms with Crippen molar-refractivity contribution in [3.8, 4) is 0 Å². The highest BCUT2D eigenvalue weighted by Gasteiger charge is 2.09. The second-order valence-electron chi connectivity index (χ2n) is 4.21. The molecule has 0 aromatic heterocycles. The minimum absolute atomic E-state index is 0.0240. The van der Waals surface area contributed by atoms with Crippen molar-refractivity contribution in [3.63, 3.8) is 0 Å². The average Bonchev–Trinajstić information content (AvgIpc) is 2.28. The summed E-state index contributed by atoms with van der Waals surface area (Å²) in [5.74, 6) is 0. The van der Waals surface area contributed by atoms with Crippen LogP contribution in [0.4, 0.5) is 5.69 Å². The van der Waals surface area contributed by atoms with Crippen molar-refractivity contribution in [1.29, 1.82) is 0 Å². The SMILES string of the molecule is CCCN(CCO)c1ccc([C@@H](C)N)c(Br)c1. The van der Waals surface area contributed by atoms with E-state index in [9.17, 15) is 0 Å². The molecular formula is C13H21BrN2O. The van der Waals surface area contributed by atoms with Crippen LogP contribution in [0.15, 0.2) is 22.7 Å². The Balaban J connectivity index is 2.93. The van der Waals surface area contributed by atoms with Gasteiger partial charge in [0, 0.05) is 29.3 Å². The summed E-state index contributed by atoms with van der Waals surface area (Å²) in [6, 6.07) is 6.21. The van der Waals surface area contributed by atoms with Gasteiger partial charge in [-0.3, -0.25) is 0 Å². The number of aliphatic hydroxyl groups is 1. The van der Waals surface area contributed by atoms with Gasteiger partial charge in [0.15, 0.2) is 0 Å². The van der Waals surface area contributed by atoms with E-state index in [0.29, 0.717) is 6.54 Å². The minimum atomic E-state index is 0.0240. The summed E-state index contributed by atoms with van der Waals surface area (Å²) < 4.78 is 1.03. The summed E-state index contributed by atoms with van der Waals surface area (Å²) in [5, 5.41) is 9.06. The van der Waals surface area contributed by atoms with E-state index in [1.165, 1.54) is 0 Å². The van der Waals surface area contributed by atoms with Crippen LogP contribution < -0.4 is 10.6 Å². The highest BCUT2D eigenvalue weighted by Crippen LogP contribution is 2.27. The number of hydrogen-bond donors (Lipinski definition) is 2. The van der Waals surface area contributed by atoms with Crippen LogP contribution in [-0.2, 0) is 0 Å². The van der Waals surface area contributed by atoms with E-state index in [0.717, 1.165) is 28.7 Å². The molecule has 0 aliphatic rings. The molecule has 4 heteroatoms. The first kappa shape index (κ1) is 14.5. The Morgan fingerprint density at radius 3 is 2.59 bits per heavy atom. The van der Waals surface area contributed by atoms with Gasteiger partial charge in [-0.15, -0.1) is 0 Å². The van der Waals surface area contributed by atoms with Crippen LogP contribution in [0.1, 0.15) is 31.9 Å². The van der Waals surface area contributed by atoms with Gasteiger partial charge in [-0.1, -0.05) is 28.9 Å².